The second kappa shape index (κ2) is 9.48. The molecule has 6 heteroatoms. The molecule has 162 valence electrons. The van der Waals surface area contributed by atoms with Gasteiger partial charge in [-0.25, -0.2) is 0 Å². The number of thiocarbonyl (C=S) groups is 1. The molecule has 2 heterocycles. The first-order valence-corrected chi connectivity index (χ1v) is 11.7. The van der Waals surface area contributed by atoms with Crippen LogP contribution in [-0.2, 0) is 11.3 Å². The lowest BCUT2D eigenvalue weighted by atomic mass is 9.94. The summed E-state index contributed by atoms with van der Waals surface area (Å²) in [4.78, 5) is 18.2. The lowest BCUT2D eigenvalue weighted by molar-refractivity contribution is 0.112. The molecule has 1 saturated carbocycles. The van der Waals surface area contributed by atoms with Gasteiger partial charge in [0.05, 0.1) is 12.6 Å². The summed E-state index contributed by atoms with van der Waals surface area (Å²) in [5.41, 5.74) is 4.08. The van der Waals surface area contributed by atoms with Gasteiger partial charge in [0.2, 0.25) is 0 Å². The second-order valence-electron chi connectivity index (χ2n) is 8.89. The summed E-state index contributed by atoms with van der Waals surface area (Å²) in [7, 11) is 0. The Morgan fingerprint density at radius 2 is 1.90 bits per heavy atom. The molecule has 4 rings (SSSR count). The van der Waals surface area contributed by atoms with Gasteiger partial charge in [0.1, 0.15) is 0 Å². The van der Waals surface area contributed by atoms with Crippen LogP contribution in [0.2, 0.25) is 0 Å². The summed E-state index contributed by atoms with van der Waals surface area (Å²) < 4.78 is 5.74. The smallest absolute Gasteiger partial charge is 0.253 e. The molecule has 5 nitrogen and oxygen atoms in total. The van der Waals surface area contributed by atoms with E-state index in [9.17, 15) is 4.79 Å². The molecule has 2 fully saturated rings. The maximum Gasteiger partial charge on any atom is 0.253 e. The highest BCUT2D eigenvalue weighted by atomic mass is 32.1. The van der Waals surface area contributed by atoms with Crippen LogP contribution in [0.15, 0.2) is 23.0 Å². The summed E-state index contributed by atoms with van der Waals surface area (Å²) in [6, 6.07) is 6.64. The highest BCUT2D eigenvalue weighted by Crippen LogP contribution is 2.25. The van der Waals surface area contributed by atoms with Gasteiger partial charge in [-0.05, 0) is 86.5 Å². The molecule has 1 aromatic heterocycles. The molecule has 2 aliphatic rings. The van der Waals surface area contributed by atoms with E-state index >= 15 is 0 Å². The molecule has 0 bridgehead atoms. The molecule has 30 heavy (non-hydrogen) atoms. The highest BCUT2D eigenvalue weighted by Gasteiger charge is 2.25. The lowest BCUT2D eigenvalue weighted by Crippen LogP contribution is -2.48. The number of ether oxygens (including phenoxy) is 1. The maximum absolute atomic E-state index is 12.9. The zero-order valence-corrected chi connectivity index (χ0v) is 18.9. The Kier molecular flexibility index (Phi) is 6.74. The van der Waals surface area contributed by atoms with Gasteiger partial charge in [-0.2, -0.15) is 0 Å². The van der Waals surface area contributed by atoms with Gasteiger partial charge < -0.3 is 19.9 Å². The number of rotatable bonds is 5. The Labute approximate surface area is 184 Å². The summed E-state index contributed by atoms with van der Waals surface area (Å²) >= 11 is 5.81. The summed E-state index contributed by atoms with van der Waals surface area (Å²) in [6.45, 7) is 6.31. The minimum atomic E-state index is -0.0199. The van der Waals surface area contributed by atoms with E-state index in [0.717, 1.165) is 60.4 Å². The van der Waals surface area contributed by atoms with E-state index in [2.05, 4.69) is 41.2 Å². The van der Waals surface area contributed by atoms with E-state index in [1.165, 1.54) is 30.4 Å². The van der Waals surface area contributed by atoms with Crippen LogP contribution in [-0.4, -0.2) is 40.3 Å². The maximum atomic E-state index is 12.9. The number of benzene rings is 1. The molecule has 1 aromatic carbocycles. The SMILES string of the molecule is Cc1cc2cc(CN(C(=S)NCC3CCCO3)C3CCCCC3)c(=O)[nH]c2cc1C. The molecule has 1 unspecified atom stereocenters. The number of fused-ring (bicyclic) bond motifs is 1. The fourth-order valence-corrected chi connectivity index (χ4v) is 4.99. The number of hydrogen-bond donors (Lipinski definition) is 2. The molecule has 1 atom stereocenters. The van der Waals surface area contributed by atoms with Crippen LogP contribution in [0.1, 0.15) is 61.6 Å². The average Bonchev–Trinajstić information content (AvgIpc) is 3.26. The molecular formula is C24H33N3O2S. The van der Waals surface area contributed by atoms with Crippen molar-refractivity contribution >= 4 is 28.2 Å². The summed E-state index contributed by atoms with van der Waals surface area (Å²) in [6.07, 6.45) is 8.45. The molecule has 0 spiro atoms. The second-order valence-corrected chi connectivity index (χ2v) is 9.27. The third kappa shape index (κ3) is 4.86. The average molecular weight is 428 g/mol. The standard InChI is InChI=1S/C24H33N3O2S/c1-16-11-18-13-19(23(28)26-22(18)12-17(16)2)15-27(20-7-4-3-5-8-20)24(30)25-14-21-9-6-10-29-21/h11-13,20-21H,3-10,14-15H2,1-2H3,(H,25,30)(H,26,28). The predicted molar refractivity (Wildman–Crippen MR) is 126 cm³/mol. The molecule has 1 aliphatic heterocycles. The van der Waals surface area contributed by atoms with E-state index < -0.39 is 0 Å². The van der Waals surface area contributed by atoms with Crippen molar-refractivity contribution in [3.05, 3.63) is 45.2 Å². The largest absolute Gasteiger partial charge is 0.376 e. The number of aromatic nitrogens is 1. The first-order chi connectivity index (χ1) is 14.5. The van der Waals surface area contributed by atoms with E-state index in [-0.39, 0.29) is 11.7 Å². The van der Waals surface area contributed by atoms with Crippen molar-refractivity contribution in [2.24, 2.45) is 0 Å². The van der Waals surface area contributed by atoms with Crippen LogP contribution in [0, 0.1) is 13.8 Å². The molecule has 2 N–H and O–H groups in total. The summed E-state index contributed by atoms with van der Waals surface area (Å²) in [5.74, 6) is 0. The third-order valence-corrected chi connectivity index (χ3v) is 7.04. The van der Waals surface area contributed by atoms with Crippen LogP contribution >= 0.6 is 12.2 Å². The molecular weight excluding hydrogens is 394 g/mol. The van der Waals surface area contributed by atoms with Gasteiger partial charge in [0.15, 0.2) is 5.11 Å². The van der Waals surface area contributed by atoms with Gasteiger partial charge >= 0.3 is 0 Å². The van der Waals surface area contributed by atoms with E-state index in [4.69, 9.17) is 17.0 Å². The normalized spacial score (nSPS) is 19.9. The molecule has 2 aromatic rings. The van der Waals surface area contributed by atoms with Crippen molar-refractivity contribution in [2.75, 3.05) is 13.2 Å². The van der Waals surface area contributed by atoms with E-state index in [1.807, 2.05) is 6.07 Å². The molecule has 0 amide bonds. The van der Waals surface area contributed by atoms with Crippen molar-refractivity contribution in [1.29, 1.82) is 0 Å². The van der Waals surface area contributed by atoms with Crippen molar-refractivity contribution in [2.45, 2.75) is 77.5 Å². The lowest BCUT2D eigenvalue weighted by Gasteiger charge is -2.36. The van der Waals surface area contributed by atoms with Crippen LogP contribution < -0.4 is 10.9 Å². The number of aromatic amines is 1. The third-order valence-electron chi connectivity index (χ3n) is 6.66. The van der Waals surface area contributed by atoms with Gasteiger partial charge in [-0.15, -0.1) is 0 Å². The molecule has 1 aliphatic carbocycles. The minimum Gasteiger partial charge on any atom is -0.376 e. The van der Waals surface area contributed by atoms with Crippen LogP contribution in [0.25, 0.3) is 10.9 Å². The summed E-state index contributed by atoms with van der Waals surface area (Å²) in [5, 5.41) is 5.26. The Bertz CT molecular complexity index is 959. The highest BCUT2D eigenvalue weighted by molar-refractivity contribution is 7.80. The van der Waals surface area contributed by atoms with Crippen molar-refractivity contribution in [3.8, 4) is 0 Å². The van der Waals surface area contributed by atoms with Gasteiger partial charge in [-0.1, -0.05) is 19.3 Å². The predicted octanol–water partition coefficient (Wildman–Crippen LogP) is 4.33. The Hall–Kier alpha value is -1.92. The first kappa shape index (κ1) is 21.3. The topological polar surface area (TPSA) is 57.4 Å². The first-order valence-electron chi connectivity index (χ1n) is 11.3. The fraction of sp³-hybridized carbons (Fsp3) is 0.583. The zero-order chi connectivity index (χ0) is 21.1. The van der Waals surface area contributed by atoms with Crippen molar-refractivity contribution in [3.63, 3.8) is 0 Å². The van der Waals surface area contributed by atoms with Gasteiger partial charge in [-0.3, -0.25) is 4.79 Å². The van der Waals surface area contributed by atoms with Crippen LogP contribution in [0.4, 0.5) is 0 Å². The Balaban J connectivity index is 1.57. The molecule has 0 radical (unpaired) electrons. The fourth-order valence-electron chi connectivity index (χ4n) is 4.69. The quantitative estimate of drug-likeness (QED) is 0.696. The number of nitrogens with zero attached hydrogens (tertiary/aromatic N) is 1. The molecule has 1 saturated heterocycles. The Morgan fingerprint density at radius 3 is 2.63 bits per heavy atom. The van der Waals surface area contributed by atoms with E-state index in [0.29, 0.717) is 12.6 Å². The van der Waals surface area contributed by atoms with Crippen molar-refractivity contribution in [1.82, 2.24) is 15.2 Å². The number of H-pyrrole nitrogens is 1. The Morgan fingerprint density at radius 1 is 1.13 bits per heavy atom. The van der Waals surface area contributed by atoms with Crippen LogP contribution in [0.3, 0.4) is 0 Å². The number of hydrogen-bond acceptors (Lipinski definition) is 3. The van der Waals surface area contributed by atoms with E-state index in [1.54, 1.807) is 0 Å². The number of pyridine rings is 1. The van der Waals surface area contributed by atoms with Gasteiger partial charge in [0.25, 0.3) is 5.56 Å². The number of aryl methyl sites for hydroxylation is 2. The van der Waals surface area contributed by atoms with Crippen LogP contribution in [0.5, 0.6) is 0 Å². The van der Waals surface area contributed by atoms with Crippen molar-refractivity contribution < 1.29 is 4.74 Å². The monoisotopic (exact) mass is 427 g/mol. The van der Waals surface area contributed by atoms with Gasteiger partial charge in [0, 0.05) is 30.3 Å². The minimum absolute atomic E-state index is 0.0199. The number of nitrogens with one attached hydrogen (secondary N) is 2. The zero-order valence-electron chi connectivity index (χ0n) is 18.1.